The first-order valence-electron chi connectivity index (χ1n) is 8.45. The van der Waals surface area contributed by atoms with Crippen LogP contribution < -0.4 is 14.8 Å². The van der Waals surface area contributed by atoms with Crippen LogP contribution in [0.3, 0.4) is 0 Å². The van der Waals surface area contributed by atoms with Crippen molar-refractivity contribution in [1.29, 1.82) is 0 Å². The SMILES string of the molecule is COc1ccc(-c2nc(C)c(C(=O)NC(C)c3ccccn3)s2)cc1OC. The largest absolute Gasteiger partial charge is 0.493 e. The molecule has 0 spiro atoms. The summed E-state index contributed by atoms with van der Waals surface area (Å²) in [5, 5.41) is 3.74. The van der Waals surface area contributed by atoms with Gasteiger partial charge in [-0.05, 0) is 44.2 Å². The van der Waals surface area contributed by atoms with Crippen molar-refractivity contribution in [3.05, 3.63) is 58.9 Å². The van der Waals surface area contributed by atoms with Crippen molar-refractivity contribution in [2.24, 2.45) is 0 Å². The summed E-state index contributed by atoms with van der Waals surface area (Å²) < 4.78 is 10.6. The van der Waals surface area contributed by atoms with Crippen LogP contribution in [-0.2, 0) is 0 Å². The first-order chi connectivity index (χ1) is 13.0. The maximum atomic E-state index is 12.7. The fraction of sp³-hybridized carbons (Fsp3) is 0.250. The summed E-state index contributed by atoms with van der Waals surface area (Å²) >= 11 is 1.35. The Morgan fingerprint density at radius 1 is 1.15 bits per heavy atom. The standard InChI is InChI=1S/C20H21N3O3S/c1-12(15-7-5-6-10-21-15)22-19(24)18-13(2)23-20(27-18)14-8-9-16(25-3)17(11-14)26-4/h5-12H,1-4H3,(H,22,24). The molecule has 0 aliphatic heterocycles. The zero-order chi connectivity index (χ0) is 19.4. The van der Waals surface area contributed by atoms with E-state index >= 15 is 0 Å². The van der Waals surface area contributed by atoms with Gasteiger partial charge in [-0.25, -0.2) is 4.98 Å². The van der Waals surface area contributed by atoms with Crippen LogP contribution in [0.5, 0.6) is 11.5 Å². The minimum atomic E-state index is -0.190. The Labute approximate surface area is 162 Å². The summed E-state index contributed by atoms with van der Waals surface area (Å²) in [6.45, 7) is 3.74. The topological polar surface area (TPSA) is 73.3 Å². The maximum Gasteiger partial charge on any atom is 0.263 e. The van der Waals surface area contributed by atoms with E-state index in [0.717, 1.165) is 16.3 Å². The molecule has 1 aromatic carbocycles. The normalized spacial score (nSPS) is 11.7. The Bertz CT molecular complexity index is 941. The molecule has 6 nitrogen and oxygen atoms in total. The van der Waals surface area contributed by atoms with Crippen LogP contribution in [-0.4, -0.2) is 30.1 Å². The summed E-state index contributed by atoms with van der Waals surface area (Å²) in [6, 6.07) is 11.0. The number of hydrogen-bond acceptors (Lipinski definition) is 6. The van der Waals surface area contributed by atoms with Gasteiger partial charge in [0.15, 0.2) is 11.5 Å². The molecular formula is C20H21N3O3S. The van der Waals surface area contributed by atoms with Gasteiger partial charge in [-0.1, -0.05) is 6.07 Å². The van der Waals surface area contributed by atoms with E-state index in [1.54, 1.807) is 20.4 Å². The Morgan fingerprint density at radius 2 is 1.93 bits per heavy atom. The van der Waals surface area contributed by atoms with Crippen LogP contribution in [0.25, 0.3) is 10.6 Å². The third kappa shape index (κ3) is 4.09. The summed E-state index contributed by atoms with van der Waals surface area (Å²) in [6.07, 6.45) is 1.71. The molecular weight excluding hydrogens is 362 g/mol. The number of thiazole rings is 1. The molecule has 2 heterocycles. The van der Waals surface area contributed by atoms with Crippen LogP contribution in [0, 0.1) is 6.92 Å². The third-order valence-corrected chi connectivity index (χ3v) is 5.32. The molecule has 1 amide bonds. The quantitative estimate of drug-likeness (QED) is 0.696. The van der Waals surface area contributed by atoms with E-state index in [1.807, 2.05) is 50.2 Å². The second kappa shape index (κ2) is 8.18. The van der Waals surface area contributed by atoms with E-state index in [9.17, 15) is 4.79 Å². The molecule has 3 aromatic rings. The van der Waals surface area contributed by atoms with Gasteiger partial charge in [0.25, 0.3) is 5.91 Å². The van der Waals surface area contributed by atoms with Gasteiger partial charge in [0.05, 0.1) is 31.6 Å². The van der Waals surface area contributed by atoms with Crippen LogP contribution in [0.4, 0.5) is 0 Å². The van der Waals surface area contributed by atoms with Gasteiger partial charge >= 0.3 is 0 Å². The molecule has 2 aromatic heterocycles. The average molecular weight is 383 g/mol. The average Bonchev–Trinajstić information content (AvgIpc) is 3.09. The number of carbonyl (C=O) groups excluding carboxylic acids is 1. The first kappa shape index (κ1) is 18.8. The highest BCUT2D eigenvalue weighted by Gasteiger charge is 2.19. The lowest BCUT2D eigenvalue weighted by Gasteiger charge is -2.12. The number of nitrogens with zero attached hydrogens (tertiary/aromatic N) is 2. The second-order valence-corrected chi connectivity index (χ2v) is 6.95. The number of rotatable bonds is 6. The number of ether oxygens (including phenoxy) is 2. The monoisotopic (exact) mass is 383 g/mol. The second-order valence-electron chi connectivity index (χ2n) is 5.95. The molecule has 0 aliphatic rings. The minimum Gasteiger partial charge on any atom is -0.493 e. The number of amides is 1. The van der Waals surface area contributed by atoms with Crippen molar-refractivity contribution in [2.75, 3.05) is 14.2 Å². The number of aromatic nitrogens is 2. The van der Waals surface area contributed by atoms with Crippen molar-refractivity contribution in [3.8, 4) is 22.1 Å². The highest BCUT2D eigenvalue weighted by Crippen LogP contribution is 2.35. The fourth-order valence-corrected chi connectivity index (χ4v) is 3.63. The van der Waals surface area contributed by atoms with Crippen LogP contribution in [0.2, 0.25) is 0 Å². The van der Waals surface area contributed by atoms with Gasteiger partial charge in [0.2, 0.25) is 0 Å². The van der Waals surface area contributed by atoms with Gasteiger partial charge < -0.3 is 14.8 Å². The zero-order valence-corrected chi connectivity index (χ0v) is 16.5. The van der Waals surface area contributed by atoms with E-state index in [2.05, 4.69) is 15.3 Å². The Balaban J connectivity index is 1.83. The maximum absolute atomic E-state index is 12.7. The molecule has 0 saturated carbocycles. The smallest absolute Gasteiger partial charge is 0.263 e. The summed E-state index contributed by atoms with van der Waals surface area (Å²) in [5.41, 5.74) is 2.38. The molecule has 0 saturated heterocycles. The lowest BCUT2D eigenvalue weighted by molar-refractivity contribution is 0.0942. The summed E-state index contributed by atoms with van der Waals surface area (Å²) in [5.74, 6) is 1.11. The Hall–Kier alpha value is -2.93. The lowest BCUT2D eigenvalue weighted by Crippen LogP contribution is -2.27. The van der Waals surface area contributed by atoms with Crippen molar-refractivity contribution >= 4 is 17.2 Å². The molecule has 0 bridgehead atoms. The molecule has 27 heavy (non-hydrogen) atoms. The molecule has 7 heteroatoms. The van der Waals surface area contributed by atoms with Gasteiger partial charge in [0.1, 0.15) is 9.88 Å². The van der Waals surface area contributed by atoms with Gasteiger partial charge in [-0.3, -0.25) is 9.78 Å². The van der Waals surface area contributed by atoms with Crippen molar-refractivity contribution < 1.29 is 14.3 Å². The number of pyridine rings is 1. The van der Waals surface area contributed by atoms with Crippen molar-refractivity contribution in [1.82, 2.24) is 15.3 Å². The van der Waals surface area contributed by atoms with Gasteiger partial charge in [0, 0.05) is 11.8 Å². The minimum absolute atomic E-state index is 0.158. The number of methoxy groups -OCH3 is 2. The number of carbonyl (C=O) groups is 1. The van der Waals surface area contributed by atoms with Crippen LogP contribution in [0.1, 0.15) is 34.0 Å². The number of nitrogens with one attached hydrogen (secondary N) is 1. The lowest BCUT2D eigenvalue weighted by atomic mass is 10.2. The van der Waals surface area contributed by atoms with E-state index < -0.39 is 0 Å². The summed E-state index contributed by atoms with van der Waals surface area (Å²) in [4.78, 5) is 22.1. The van der Waals surface area contributed by atoms with E-state index in [-0.39, 0.29) is 11.9 Å². The molecule has 1 N–H and O–H groups in total. The molecule has 0 fully saturated rings. The fourth-order valence-electron chi connectivity index (χ4n) is 2.67. The highest BCUT2D eigenvalue weighted by atomic mass is 32.1. The van der Waals surface area contributed by atoms with Gasteiger partial charge in [-0.2, -0.15) is 0 Å². The zero-order valence-electron chi connectivity index (χ0n) is 15.6. The predicted octanol–water partition coefficient (Wildman–Crippen LogP) is 4.02. The molecule has 0 radical (unpaired) electrons. The third-order valence-electron chi connectivity index (χ3n) is 4.11. The number of aryl methyl sites for hydroxylation is 1. The van der Waals surface area contributed by atoms with E-state index in [0.29, 0.717) is 22.1 Å². The molecule has 1 atom stereocenters. The highest BCUT2D eigenvalue weighted by molar-refractivity contribution is 7.17. The molecule has 140 valence electrons. The van der Waals surface area contributed by atoms with Crippen molar-refractivity contribution in [2.45, 2.75) is 19.9 Å². The number of hydrogen-bond donors (Lipinski definition) is 1. The molecule has 1 unspecified atom stereocenters. The summed E-state index contributed by atoms with van der Waals surface area (Å²) in [7, 11) is 3.18. The number of benzene rings is 1. The Morgan fingerprint density at radius 3 is 2.59 bits per heavy atom. The van der Waals surface area contributed by atoms with Crippen LogP contribution in [0.15, 0.2) is 42.6 Å². The van der Waals surface area contributed by atoms with Crippen LogP contribution >= 0.6 is 11.3 Å². The van der Waals surface area contributed by atoms with Crippen molar-refractivity contribution in [3.63, 3.8) is 0 Å². The van der Waals surface area contributed by atoms with E-state index in [1.165, 1.54) is 11.3 Å². The predicted molar refractivity (Wildman–Crippen MR) is 106 cm³/mol. The van der Waals surface area contributed by atoms with E-state index in [4.69, 9.17) is 9.47 Å². The first-order valence-corrected chi connectivity index (χ1v) is 9.26. The Kier molecular flexibility index (Phi) is 5.71. The van der Waals surface area contributed by atoms with Gasteiger partial charge in [-0.15, -0.1) is 11.3 Å². The molecule has 0 aliphatic carbocycles. The molecule has 3 rings (SSSR count).